The average Bonchev–Trinajstić information content (AvgIpc) is 3.04. The Balaban J connectivity index is 1.64. The molecule has 7 heteroatoms. The van der Waals surface area contributed by atoms with E-state index in [4.69, 9.17) is 4.99 Å². The second kappa shape index (κ2) is 7.64. The van der Waals surface area contributed by atoms with Crippen LogP contribution in [0.15, 0.2) is 63.0 Å². The summed E-state index contributed by atoms with van der Waals surface area (Å²) in [5, 5.41) is 0.646. The van der Waals surface area contributed by atoms with E-state index in [1.54, 1.807) is 12.1 Å². The van der Waals surface area contributed by atoms with Gasteiger partial charge in [-0.2, -0.15) is 4.99 Å². The zero-order valence-corrected chi connectivity index (χ0v) is 17.8. The molecule has 0 aromatic heterocycles. The summed E-state index contributed by atoms with van der Waals surface area (Å²) in [4.78, 5) is 36.1. The van der Waals surface area contributed by atoms with Gasteiger partial charge in [-0.15, -0.1) is 0 Å². The van der Waals surface area contributed by atoms with Gasteiger partial charge in [0.05, 0.1) is 11.4 Å². The van der Waals surface area contributed by atoms with Gasteiger partial charge in [-0.25, -0.2) is 4.99 Å². The molecule has 2 aliphatic rings. The van der Waals surface area contributed by atoms with Crippen molar-refractivity contribution in [2.45, 2.75) is 19.9 Å². The lowest BCUT2D eigenvalue weighted by atomic mass is 10.0. The molecular weight excluding hydrogens is 438 g/mol. The standard InChI is InChI=1S/C21H18BrN3O2S/c1-12(2)18-20(27)24-19-15-5-3-4-6-16(15)23-21(25(18)19)28-11-17(26)13-7-9-14(22)10-8-13/h3-10,12,18H,11H2,1-2H3. The third kappa shape index (κ3) is 3.44. The number of rotatable bonds is 4. The van der Waals surface area contributed by atoms with Crippen LogP contribution in [-0.2, 0) is 4.79 Å². The SMILES string of the molecule is CC(C)C1C(=O)N=C2c3ccccc3N=C(SCC(=O)c3ccc(Br)cc3)N21. The highest BCUT2D eigenvalue weighted by molar-refractivity contribution is 9.10. The molecule has 0 fully saturated rings. The van der Waals surface area contributed by atoms with Crippen LogP contribution in [-0.4, -0.2) is 39.4 Å². The molecule has 0 saturated heterocycles. The number of ketones is 1. The van der Waals surface area contributed by atoms with Gasteiger partial charge in [0.25, 0.3) is 5.91 Å². The zero-order valence-electron chi connectivity index (χ0n) is 15.4. The van der Waals surface area contributed by atoms with Crippen molar-refractivity contribution in [1.29, 1.82) is 0 Å². The molecule has 0 N–H and O–H groups in total. The number of carbonyl (C=O) groups is 2. The lowest BCUT2D eigenvalue weighted by Gasteiger charge is -2.32. The van der Waals surface area contributed by atoms with Crippen molar-refractivity contribution in [3.63, 3.8) is 0 Å². The van der Waals surface area contributed by atoms with Crippen LogP contribution in [0.4, 0.5) is 5.69 Å². The summed E-state index contributed by atoms with van der Waals surface area (Å²) in [6.45, 7) is 3.99. The Hall–Kier alpha value is -2.25. The van der Waals surface area contributed by atoms with Crippen LogP contribution >= 0.6 is 27.7 Å². The highest BCUT2D eigenvalue weighted by atomic mass is 79.9. The molecule has 142 valence electrons. The Bertz CT molecular complexity index is 1010. The quantitative estimate of drug-likeness (QED) is 0.627. The van der Waals surface area contributed by atoms with Gasteiger partial charge in [0.1, 0.15) is 11.9 Å². The molecule has 5 nitrogen and oxygen atoms in total. The number of thioether (sulfide) groups is 1. The van der Waals surface area contributed by atoms with E-state index in [-0.39, 0.29) is 23.4 Å². The zero-order chi connectivity index (χ0) is 19.8. The predicted molar refractivity (Wildman–Crippen MR) is 116 cm³/mol. The van der Waals surface area contributed by atoms with Gasteiger partial charge in [0, 0.05) is 15.6 Å². The summed E-state index contributed by atoms with van der Waals surface area (Å²) >= 11 is 4.73. The van der Waals surface area contributed by atoms with Gasteiger partial charge in [-0.05, 0) is 30.2 Å². The fourth-order valence-electron chi connectivity index (χ4n) is 3.32. The minimum atomic E-state index is -0.391. The minimum Gasteiger partial charge on any atom is -0.293 e. The third-order valence-corrected chi connectivity index (χ3v) is 6.15. The number of amides is 1. The molecule has 0 bridgehead atoms. The highest BCUT2D eigenvalue weighted by Gasteiger charge is 2.43. The summed E-state index contributed by atoms with van der Waals surface area (Å²) < 4.78 is 0.932. The number of hydrogen-bond donors (Lipinski definition) is 0. The van der Waals surface area contributed by atoms with E-state index in [0.29, 0.717) is 16.6 Å². The molecule has 0 spiro atoms. The van der Waals surface area contributed by atoms with Crippen LogP contribution in [0.1, 0.15) is 29.8 Å². The van der Waals surface area contributed by atoms with E-state index in [9.17, 15) is 9.59 Å². The van der Waals surface area contributed by atoms with E-state index in [1.165, 1.54) is 11.8 Å². The predicted octanol–water partition coefficient (Wildman–Crippen LogP) is 4.68. The minimum absolute atomic E-state index is 0.0177. The van der Waals surface area contributed by atoms with Gasteiger partial charge in [0.15, 0.2) is 11.0 Å². The van der Waals surface area contributed by atoms with Crippen LogP contribution in [0.3, 0.4) is 0 Å². The molecule has 4 rings (SSSR count). The maximum absolute atomic E-state index is 12.6. The summed E-state index contributed by atoms with van der Waals surface area (Å²) in [7, 11) is 0. The van der Waals surface area contributed by atoms with Crippen LogP contribution < -0.4 is 0 Å². The van der Waals surface area contributed by atoms with Crippen molar-refractivity contribution in [1.82, 2.24) is 4.90 Å². The largest absolute Gasteiger partial charge is 0.293 e. The van der Waals surface area contributed by atoms with Crippen molar-refractivity contribution < 1.29 is 9.59 Å². The van der Waals surface area contributed by atoms with Gasteiger partial charge in [0.2, 0.25) is 0 Å². The molecule has 2 heterocycles. The Labute approximate surface area is 176 Å². The monoisotopic (exact) mass is 455 g/mol. The van der Waals surface area contributed by atoms with Crippen LogP contribution in [0.5, 0.6) is 0 Å². The molecule has 0 saturated carbocycles. The molecule has 2 aliphatic heterocycles. The second-order valence-corrected chi connectivity index (χ2v) is 8.82. The van der Waals surface area contributed by atoms with Crippen LogP contribution in [0, 0.1) is 5.92 Å². The normalized spacial score (nSPS) is 17.9. The Morgan fingerprint density at radius 1 is 1.14 bits per heavy atom. The number of nitrogens with zero attached hydrogens (tertiary/aromatic N) is 3. The number of amidine groups is 2. The number of benzene rings is 2. The molecule has 1 amide bonds. The maximum Gasteiger partial charge on any atom is 0.271 e. The number of fused-ring (bicyclic) bond motifs is 3. The lowest BCUT2D eigenvalue weighted by molar-refractivity contribution is -0.120. The van der Waals surface area contributed by atoms with Crippen molar-refractivity contribution in [3.8, 4) is 0 Å². The van der Waals surface area contributed by atoms with Crippen LogP contribution in [0.25, 0.3) is 0 Å². The van der Waals surface area contributed by atoms with Gasteiger partial charge < -0.3 is 0 Å². The lowest BCUT2D eigenvalue weighted by Crippen LogP contribution is -2.46. The Morgan fingerprint density at radius 3 is 2.57 bits per heavy atom. The fourth-order valence-corrected chi connectivity index (χ4v) is 4.51. The highest BCUT2D eigenvalue weighted by Crippen LogP contribution is 2.36. The van der Waals surface area contributed by atoms with Gasteiger partial charge in [-0.3, -0.25) is 14.5 Å². The number of aliphatic imine (C=N–C) groups is 2. The van der Waals surface area contributed by atoms with Crippen molar-refractivity contribution in [2.24, 2.45) is 15.9 Å². The number of para-hydroxylation sites is 1. The summed E-state index contributed by atoms with van der Waals surface area (Å²) in [5.41, 5.74) is 2.27. The average molecular weight is 456 g/mol. The molecule has 1 unspecified atom stereocenters. The molecule has 2 aromatic rings. The van der Waals surface area contributed by atoms with E-state index in [2.05, 4.69) is 20.9 Å². The van der Waals surface area contributed by atoms with E-state index < -0.39 is 6.04 Å². The van der Waals surface area contributed by atoms with Gasteiger partial charge >= 0.3 is 0 Å². The smallest absolute Gasteiger partial charge is 0.271 e. The van der Waals surface area contributed by atoms with E-state index in [1.807, 2.05) is 55.1 Å². The third-order valence-electron chi connectivity index (χ3n) is 4.67. The van der Waals surface area contributed by atoms with Crippen molar-refractivity contribution >= 4 is 56.1 Å². The summed E-state index contributed by atoms with van der Waals surface area (Å²) in [5.74, 6) is 0.809. The second-order valence-electron chi connectivity index (χ2n) is 6.96. The molecule has 0 aliphatic carbocycles. The first-order chi connectivity index (χ1) is 13.5. The first-order valence-electron chi connectivity index (χ1n) is 8.97. The molecule has 2 aromatic carbocycles. The fraction of sp³-hybridized carbons (Fsp3) is 0.238. The number of hydrogen-bond acceptors (Lipinski definition) is 5. The Morgan fingerprint density at radius 2 is 1.86 bits per heavy atom. The van der Waals surface area contributed by atoms with Crippen molar-refractivity contribution in [3.05, 3.63) is 64.1 Å². The van der Waals surface area contributed by atoms with Gasteiger partial charge in [-0.1, -0.05) is 65.8 Å². The topological polar surface area (TPSA) is 62.1 Å². The first-order valence-corrected chi connectivity index (χ1v) is 10.7. The molecule has 28 heavy (non-hydrogen) atoms. The molecule has 1 atom stereocenters. The van der Waals surface area contributed by atoms with Crippen molar-refractivity contribution in [2.75, 3.05) is 5.75 Å². The first kappa shape index (κ1) is 19.1. The molecule has 0 radical (unpaired) electrons. The number of halogens is 1. The van der Waals surface area contributed by atoms with E-state index >= 15 is 0 Å². The van der Waals surface area contributed by atoms with E-state index in [0.717, 1.165) is 15.7 Å². The number of carbonyl (C=O) groups excluding carboxylic acids is 2. The maximum atomic E-state index is 12.6. The summed E-state index contributed by atoms with van der Waals surface area (Å²) in [6.07, 6.45) is 0. The van der Waals surface area contributed by atoms with Crippen LogP contribution in [0.2, 0.25) is 0 Å². The Kier molecular flexibility index (Phi) is 5.21. The number of Topliss-reactive ketones (excluding diaryl/α,β-unsaturated/α-hetero) is 1. The molecular formula is C21H18BrN3O2S. The summed E-state index contributed by atoms with van der Waals surface area (Å²) in [6, 6.07) is 14.6.